The van der Waals surface area contributed by atoms with Crippen LogP contribution in [0.3, 0.4) is 0 Å². The Kier molecular flexibility index (Phi) is 9.33. The van der Waals surface area contributed by atoms with Gasteiger partial charge in [0, 0.05) is 13.2 Å². The van der Waals surface area contributed by atoms with Crippen molar-refractivity contribution in [1.82, 2.24) is 0 Å². The fourth-order valence-electron chi connectivity index (χ4n) is 0.949. The van der Waals surface area contributed by atoms with E-state index in [0.29, 0.717) is 0 Å². The summed E-state index contributed by atoms with van der Waals surface area (Å²) in [5.41, 5.74) is 0. The maximum atomic E-state index is 5.57. The SMILES string of the molecule is CCCOC(OCCC)[SiH2]CC. The molecule has 0 saturated carbocycles. The Morgan fingerprint density at radius 3 is 1.83 bits per heavy atom. The van der Waals surface area contributed by atoms with Crippen molar-refractivity contribution >= 4 is 9.52 Å². The molecule has 0 atom stereocenters. The third-order valence-electron chi connectivity index (χ3n) is 1.54. The molecule has 0 saturated heterocycles. The summed E-state index contributed by atoms with van der Waals surface area (Å²) in [6, 6.07) is 1.26. The lowest BCUT2D eigenvalue weighted by Crippen LogP contribution is -2.24. The quantitative estimate of drug-likeness (QED) is 0.429. The van der Waals surface area contributed by atoms with Crippen LogP contribution >= 0.6 is 0 Å². The summed E-state index contributed by atoms with van der Waals surface area (Å²) < 4.78 is 11.1. The lowest BCUT2D eigenvalue weighted by Gasteiger charge is -2.16. The monoisotopic (exact) mass is 190 g/mol. The van der Waals surface area contributed by atoms with Crippen molar-refractivity contribution in [3.05, 3.63) is 0 Å². The van der Waals surface area contributed by atoms with Crippen molar-refractivity contribution < 1.29 is 9.47 Å². The van der Waals surface area contributed by atoms with Crippen LogP contribution in [0.15, 0.2) is 0 Å². The van der Waals surface area contributed by atoms with Crippen LogP contribution in [-0.2, 0) is 9.47 Å². The lowest BCUT2D eigenvalue weighted by molar-refractivity contribution is -0.0903. The average molecular weight is 190 g/mol. The van der Waals surface area contributed by atoms with Gasteiger partial charge >= 0.3 is 0 Å². The van der Waals surface area contributed by atoms with Gasteiger partial charge in [0.15, 0.2) is 0 Å². The summed E-state index contributed by atoms with van der Waals surface area (Å²) in [6.07, 6.45) is 2.17. The molecule has 0 radical (unpaired) electrons. The first-order valence-corrected chi connectivity index (χ1v) is 6.89. The topological polar surface area (TPSA) is 18.5 Å². The van der Waals surface area contributed by atoms with Gasteiger partial charge in [-0.3, -0.25) is 0 Å². The van der Waals surface area contributed by atoms with Crippen molar-refractivity contribution in [2.24, 2.45) is 0 Å². The van der Waals surface area contributed by atoms with E-state index < -0.39 is 0 Å². The minimum absolute atomic E-state index is 0.149. The van der Waals surface area contributed by atoms with E-state index in [4.69, 9.17) is 9.47 Å². The Labute approximate surface area is 78.5 Å². The molecule has 0 aromatic heterocycles. The van der Waals surface area contributed by atoms with Crippen LogP contribution in [0.5, 0.6) is 0 Å². The predicted molar refractivity (Wildman–Crippen MR) is 55.3 cm³/mol. The van der Waals surface area contributed by atoms with Crippen LogP contribution in [0.4, 0.5) is 0 Å². The second kappa shape index (κ2) is 9.23. The molecular formula is C9H22O2Si. The Bertz CT molecular complexity index is 80.6. The highest BCUT2D eigenvalue weighted by Crippen LogP contribution is 1.98. The van der Waals surface area contributed by atoms with Gasteiger partial charge in [0.2, 0.25) is 0 Å². The molecule has 0 unspecified atom stereocenters. The molecule has 0 rings (SSSR count). The van der Waals surface area contributed by atoms with E-state index in [1.165, 1.54) is 6.04 Å². The van der Waals surface area contributed by atoms with Gasteiger partial charge < -0.3 is 9.47 Å². The predicted octanol–water partition coefficient (Wildman–Crippen LogP) is 1.73. The van der Waals surface area contributed by atoms with Crippen LogP contribution < -0.4 is 0 Å². The van der Waals surface area contributed by atoms with Crippen molar-refractivity contribution in [3.63, 3.8) is 0 Å². The molecule has 0 N–H and O–H groups in total. The van der Waals surface area contributed by atoms with Gasteiger partial charge in [-0.15, -0.1) is 0 Å². The van der Waals surface area contributed by atoms with Gasteiger partial charge in [-0.2, -0.15) is 0 Å². The average Bonchev–Trinajstić information content (AvgIpc) is 2.10. The van der Waals surface area contributed by atoms with E-state index in [-0.39, 0.29) is 15.4 Å². The first-order valence-electron chi connectivity index (χ1n) is 5.08. The van der Waals surface area contributed by atoms with E-state index in [1.807, 2.05) is 0 Å². The molecule has 0 aliphatic carbocycles. The van der Waals surface area contributed by atoms with Crippen LogP contribution in [0.1, 0.15) is 33.6 Å². The van der Waals surface area contributed by atoms with E-state index in [2.05, 4.69) is 20.8 Å². The Morgan fingerprint density at radius 1 is 1.00 bits per heavy atom. The zero-order valence-corrected chi connectivity index (χ0v) is 10.1. The maximum absolute atomic E-state index is 5.57. The molecule has 0 amide bonds. The molecule has 0 aromatic rings. The summed E-state index contributed by atoms with van der Waals surface area (Å²) >= 11 is 0. The van der Waals surface area contributed by atoms with Gasteiger partial charge in [-0.05, 0) is 12.8 Å². The third kappa shape index (κ3) is 6.82. The second-order valence-electron chi connectivity index (χ2n) is 2.96. The molecule has 74 valence electrons. The van der Waals surface area contributed by atoms with Crippen molar-refractivity contribution in [3.8, 4) is 0 Å². The maximum Gasteiger partial charge on any atom is 0.134 e. The van der Waals surface area contributed by atoms with Gasteiger partial charge in [-0.25, -0.2) is 0 Å². The number of ether oxygens (including phenoxy) is 2. The fourth-order valence-corrected chi connectivity index (χ4v) is 2.09. The van der Waals surface area contributed by atoms with Gasteiger partial charge in [0.1, 0.15) is 5.91 Å². The van der Waals surface area contributed by atoms with Crippen molar-refractivity contribution in [2.45, 2.75) is 45.6 Å². The molecule has 0 aromatic carbocycles. The van der Waals surface area contributed by atoms with E-state index in [0.717, 1.165) is 26.1 Å². The fraction of sp³-hybridized carbons (Fsp3) is 1.00. The van der Waals surface area contributed by atoms with Crippen molar-refractivity contribution in [2.75, 3.05) is 13.2 Å². The summed E-state index contributed by atoms with van der Waals surface area (Å²) in [6.45, 7) is 8.17. The molecular weight excluding hydrogens is 168 g/mol. The second-order valence-corrected chi connectivity index (χ2v) is 5.20. The van der Waals surface area contributed by atoms with Crippen LogP contribution in [0, 0.1) is 0 Å². The smallest absolute Gasteiger partial charge is 0.134 e. The van der Waals surface area contributed by atoms with Gasteiger partial charge in [0.25, 0.3) is 0 Å². The van der Waals surface area contributed by atoms with Gasteiger partial charge in [0.05, 0.1) is 9.52 Å². The Morgan fingerprint density at radius 2 is 1.50 bits per heavy atom. The standard InChI is InChI=1S/C9H22O2Si/c1-4-7-10-9(12-6-3)11-8-5-2/h9H,4-8,12H2,1-3H3. The molecule has 2 nitrogen and oxygen atoms in total. The molecule has 0 aliphatic heterocycles. The normalized spacial score (nSPS) is 12.0. The number of hydrogen-bond acceptors (Lipinski definition) is 2. The molecule has 0 bridgehead atoms. The Balaban J connectivity index is 3.40. The molecule has 0 spiro atoms. The minimum atomic E-state index is -0.149. The summed E-state index contributed by atoms with van der Waals surface area (Å²) in [5, 5.41) is 0. The van der Waals surface area contributed by atoms with Crippen molar-refractivity contribution in [1.29, 1.82) is 0 Å². The first kappa shape index (κ1) is 12.1. The van der Waals surface area contributed by atoms with E-state index >= 15 is 0 Å². The minimum Gasteiger partial charge on any atom is -0.357 e. The zero-order chi connectivity index (χ0) is 9.23. The molecule has 0 aliphatic rings. The summed E-state index contributed by atoms with van der Waals surface area (Å²) in [5.74, 6) is 0.176. The number of rotatable bonds is 8. The highest BCUT2D eigenvalue weighted by molar-refractivity contribution is 6.36. The van der Waals surface area contributed by atoms with Crippen LogP contribution in [-0.4, -0.2) is 28.6 Å². The highest BCUT2D eigenvalue weighted by Gasteiger charge is 2.06. The van der Waals surface area contributed by atoms with E-state index in [9.17, 15) is 0 Å². The molecule has 3 heteroatoms. The van der Waals surface area contributed by atoms with Crippen LogP contribution in [0.2, 0.25) is 6.04 Å². The molecule has 0 heterocycles. The molecule has 0 fully saturated rings. The van der Waals surface area contributed by atoms with E-state index in [1.54, 1.807) is 0 Å². The number of hydrogen-bond donors (Lipinski definition) is 0. The highest BCUT2D eigenvalue weighted by atomic mass is 28.2. The largest absolute Gasteiger partial charge is 0.357 e. The molecule has 12 heavy (non-hydrogen) atoms. The Hall–Kier alpha value is 0.137. The lowest BCUT2D eigenvalue weighted by atomic mass is 10.5. The van der Waals surface area contributed by atoms with Gasteiger partial charge in [-0.1, -0.05) is 26.8 Å². The summed E-state index contributed by atoms with van der Waals surface area (Å²) in [4.78, 5) is 0. The summed E-state index contributed by atoms with van der Waals surface area (Å²) in [7, 11) is -0.149. The zero-order valence-electron chi connectivity index (χ0n) is 8.64. The first-order chi connectivity index (χ1) is 5.85. The van der Waals surface area contributed by atoms with Crippen LogP contribution in [0.25, 0.3) is 0 Å². The third-order valence-corrected chi connectivity index (χ3v) is 3.06.